The molecule has 0 spiro atoms. The number of rotatable bonds is 4. The second-order valence-corrected chi connectivity index (χ2v) is 5.68. The Hall–Kier alpha value is -1.34. The number of alkyl halides is 3. The third-order valence-electron chi connectivity index (χ3n) is 2.79. The zero-order valence-electron chi connectivity index (χ0n) is 11.3. The zero-order chi connectivity index (χ0) is 16.4. The fourth-order valence-electron chi connectivity index (χ4n) is 1.80. The highest BCUT2D eigenvalue weighted by Gasteiger charge is 2.34. The van der Waals surface area contributed by atoms with Crippen LogP contribution in [0, 0.1) is 11.8 Å². The van der Waals surface area contributed by atoms with Crippen LogP contribution in [0.15, 0.2) is 18.2 Å². The smallest absolute Gasteiger partial charge is 0.393 e. The molecule has 0 aromatic heterocycles. The largest absolute Gasteiger partial charge is 0.417 e. The van der Waals surface area contributed by atoms with Crippen LogP contribution in [-0.2, 0) is 11.0 Å². The van der Waals surface area contributed by atoms with E-state index in [1.54, 1.807) is 13.8 Å². The Balaban J connectivity index is 3.04. The van der Waals surface area contributed by atoms with Crippen LogP contribution in [0.2, 0.25) is 5.02 Å². The SMILES string of the molecule is CC(C)C(C(=O)Nc1ccc(Cl)c(C(F)(F)F)c1)C(N)=S. The number of nitrogens with one attached hydrogen (secondary N) is 1. The van der Waals surface area contributed by atoms with Crippen molar-refractivity contribution in [3.63, 3.8) is 0 Å². The number of carbonyl (C=O) groups excluding carboxylic acids is 1. The summed E-state index contributed by atoms with van der Waals surface area (Å²) in [5.41, 5.74) is 4.45. The van der Waals surface area contributed by atoms with Crippen molar-refractivity contribution in [1.82, 2.24) is 0 Å². The number of thiocarbonyl (C=S) groups is 1. The Morgan fingerprint density at radius 3 is 2.38 bits per heavy atom. The number of amides is 1. The van der Waals surface area contributed by atoms with Crippen LogP contribution in [0.5, 0.6) is 0 Å². The van der Waals surface area contributed by atoms with Crippen molar-refractivity contribution in [2.24, 2.45) is 17.6 Å². The quantitative estimate of drug-likeness (QED) is 0.820. The molecular formula is C13H14ClF3N2OS. The van der Waals surface area contributed by atoms with Crippen molar-refractivity contribution < 1.29 is 18.0 Å². The summed E-state index contributed by atoms with van der Waals surface area (Å²) < 4.78 is 38.2. The Morgan fingerprint density at radius 2 is 1.95 bits per heavy atom. The number of nitrogens with two attached hydrogens (primary N) is 1. The summed E-state index contributed by atoms with van der Waals surface area (Å²) in [6.07, 6.45) is -4.60. The number of hydrogen-bond donors (Lipinski definition) is 2. The molecule has 1 unspecified atom stereocenters. The Morgan fingerprint density at radius 1 is 1.38 bits per heavy atom. The van der Waals surface area contributed by atoms with E-state index in [1.807, 2.05) is 0 Å². The predicted octanol–water partition coefficient (Wildman–Crippen LogP) is 3.86. The van der Waals surface area contributed by atoms with Gasteiger partial charge >= 0.3 is 6.18 Å². The van der Waals surface area contributed by atoms with Gasteiger partial charge in [-0.2, -0.15) is 13.2 Å². The molecule has 0 fully saturated rings. The van der Waals surface area contributed by atoms with E-state index in [0.29, 0.717) is 0 Å². The molecular weight excluding hydrogens is 325 g/mol. The summed E-state index contributed by atoms with van der Waals surface area (Å²) in [7, 11) is 0. The van der Waals surface area contributed by atoms with E-state index < -0.39 is 28.6 Å². The van der Waals surface area contributed by atoms with Gasteiger partial charge in [0.25, 0.3) is 0 Å². The summed E-state index contributed by atoms with van der Waals surface area (Å²) in [5.74, 6) is -1.48. The van der Waals surface area contributed by atoms with E-state index in [4.69, 9.17) is 29.6 Å². The van der Waals surface area contributed by atoms with Gasteiger partial charge in [0.1, 0.15) is 0 Å². The molecule has 0 saturated heterocycles. The normalized spacial score (nSPS) is 13.1. The van der Waals surface area contributed by atoms with Gasteiger partial charge in [0.2, 0.25) is 5.91 Å². The molecule has 0 radical (unpaired) electrons. The monoisotopic (exact) mass is 338 g/mol. The van der Waals surface area contributed by atoms with E-state index in [9.17, 15) is 18.0 Å². The highest BCUT2D eigenvalue weighted by atomic mass is 35.5. The number of halogens is 4. The minimum atomic E-state index is -4.60. The lowest BCUT2D eigenvalue weighted by molar-refractivity contribution is -0.137. The molecule has 116 valence electrons. The topological polar surface area (TPSA) is 55.1 Å². The van der Waals surface area contributed by atoms with Crippen molar-refractivity contribution in [2.75, 3.05) is 5.32 Å². The first-order valence-electron chi connectivity index (χ1n) is 6.01. The molecule has 0 bridgehead atoms. The average Bonchev–Trinajstić information content (AvgIpc) is 2.29. The molecule has 1 rings (SSSR count). The van der Waals surface area contributed by atoms with Crippen LogP contribution in [0.1, 0.15) is 19.4 Å². The molecule has 0 aliphatic heterocycles. The number of carbonyl (C=O) groups is 1. The zero-order valence-corrected chi connectivity index (χ0v) is 12.9. The van der Waals surface area contributed by atoms with Gasteiger partial charge in [0.05, 0.1) is 21.5 Å². The van der Waals surface area contributed by atoms with Crippen LogP contribution >= 0.6 is 23.8 Å². The maximum absolute atomic E-state index is 12.7. The molecule has 8 heteroatoms. The second kappa shape index (κ2) is 6.62. The molecule has 0 aliphatic carbocycles. The first-order chi connectivity index (χ1) is 9.54. The van der Waals surface area contributed by atoms with Crippen LogP contribution in [0.25, 0.3) is 0 Å². The van der Waals surface area contributed by atoms with Gasteiger partial charge in [0, 0.05) is 5.69 Å². The van der Waals surface area contributed by atoms with Crippen LogP contribution in [0.3, 0.4) is 0 Å². The van der Waals surface area contributed by atoms with E-state index >= 15 is 0 Å². The molecule has 1 atom stereocenters. The average molecular weight is 339 g/mol. The Bertz CT molecular complexity index is 561. The van der Waals surface area contributed by atoms with E-state index in [2.05, 4.69) is 5.32 Å². The molecule has 1 aromatic rings. The van der Waals surface area contributed by atoms with Crippen molar-refractivity contribution in [3.05, 3.63) is 28.8 Å². The summed E-state index contributed by atoms with van der Waals surface area (Å²) in [6, 6.07) is 3.13. The van der Waals surface area contributed by atoms with Gasteiger partial charge in [-0.25, -0.2) is 0 Å². The summed E-state index contributed by atoms with van der Waals surface area (Å²) in [6.45, 7) is 3.48. The number of hydrogen-bond acceptors (Lipinski definition) is 2. The first kappa shape index (κ1) is 17.7. The Kier molecular flexibility index (Phi) is 5.58. The Labute approximate surface area is 130 Å². The molecule has 3 nitrogen and oxygen atoms in total. The standard InChI is InChI=1S/C13H14ClF3N2OS/c1-6(2)10(11(18)21)12(20)19-7-3-4-9(14)8(5-7)13(15,16)17/h3-6,10H,1-2H3,(H2,18,21)(H,19,20). The lowest BCUT2D eigenvalue weighted by Crippen LogP contribution is -2.36. The predicted molar refractivity (Wildman–Crippen MR) is 80.2 cm³/mol. The maximum atomic E-state index is 12.7. The summed E-state index contributed by atoms with van der Waals surface area (Å²) >= 11 is 10.3. The van der Waals surface area contributed by atoms with Crippen LogP contribution in [0.4, 0.5) is 18.9 Å². The molecule has 0 aliphatic rings. The van der Waals surface area contributed by atoms with Gasteiger partial charge in [0.15, 0.2) is 0 Å². The minimum absolute atomic E-state index is 0.00694. The molecule has 3 N–H and O–H groups in total. The number of benzene rings is 1. The van der Waals surface area contributed by atoms with E-state index in [0.717, 1.165) is 12.1 Å². The van der Waals surface area contributed by atoms with Crippen molar-refractivity contribution >= 4 is 40.4 Å². The molecule has 1 amide bonds. The third-order valence-corrected chi connectivity index (χ3v) is 3.38. The van der Waals surface area contributed by atoms with E-state index in [-0.39, 0.29) is 16.6 Å². The lowest BCUT2D eigenvalue weighted by atomic mass is 9.95. The highest BCUT2D eigenvalue weighted by molar-refractivity contribution is 7.80. The second-order valence-electron chi connectivity index (χ2n) is 4.81. The van der Waals surface area contributed by atoms with Gasteiger partial charge in [-0.1, -0.05) is 37.7 Å². The van der Waals surface area contributed by atoms with Crippen molar-refractivity contribution in [3.8, 4) is 0 Å². The molecule has 21 heavy (non-hydrogen) atoms. The number of anilines is 1. The minimum Gasteiger partial charge on any atom is -0.393 e. The summed E-state index contributed by atoms with van der Waals surface area (Å²) in [4.78, 5) is 12.0. The van der Waals surface area contributed by atoms with Crippen molar-refractivity contribution in [2.45, 2.75) is 20.0 Å². The van der Waals surface area contributed by atoms with Crippen LogP contribution < -0.4 is 11.1 Å². The lowest BCUT2D eigenvalue weighted by Gasteiger charge is -2.19. The molecule has 0 saturated carbocycles. The molecule has 0 heterocycles. The van der Waals surface area contributed by atoms with E-state index in [1.165, 1.54) is 6.07 Å². The maximum Gasteiger partial charge on any atom is 0.417 e. The summed E-state index contributed by atoms with van der Waals surface area (Å²) in [5, 5.41) is 1.94. The van der Waals surface area contributed by atoms with Crippen molar-refractivity contribution in [1.29, 1.82) is 0 Å². The third kappa shape index (κ3) is 4.57. The van der Waals surface area contributed by atoms with Gasteiger partial charge in [-0.15, -0.1) is 0 Å². The van der Waals surface area contributed by atoms with Gasteiger partial charge in [-0.05, 0) is 24.1 Å². The van der Waals surface area contributed by atoms with Gasteiger partial charge < -0.3 is 11.1 Å². The fourth-order valence-corrected chi connectivity index (χ4v) is 2.40. The fraction of sp³-hybridized carbons (Fsp3) is 0.385. The molecule has 1 aromatic carbocycles. The van der Waals surface area contributed by atoms with Gasteiger partial charge in [-0.3, -0.25) is 4.79 Å². The van der Waals surface area contributed by atoms with Crippen LogP contribution in [-0.4, -0.2) is 10.9 Å². The first-order valence-corrected chi connectivity index (χ1v) is 6.79. The highest BCUT2D eigenvalue weighted by Crippen LogP contribution is 2.36.